The van der Waals surface area contributed by atoms with Gasteiger partial charge in [-0.1, -0.05) is 6.92 Å². The minimum absolute atomic E-state index is 0.392. The van der Waals surface area contributed by atoms with Crippen LogP contribution in [0.1, 0.15) is 38.0 Å². The Morgan fingerprint density at radius 2 is 2.05 bits per heavy atom. The molecule has 2 N–H and O–H groups in total. The Morgan fingerprint density at radius 3 is 2.71 bits per heavy atom. The summed E-state index contributed by atoms with van der Waals surface area (Å²) >= 11 is 1.33. The molecule has 2 rings (SSSR count). The molecule has 1 aromatic rings. The largest absolute Gasteiger partial charge is 0.381 e. The summed E-state index contributed by atoms with van der Waals surface area (Å²) < 4.78 is 33.5. The van der Waals surface area contributed by atoms with E-state index in [2.05, 4.69) is 17.0 Å². The zero-order valence-corrected chi connectivity index (χ0v) is 14.3. The molecular formula is C14H24N2O3S2. The van der Waals surface area contributed by atoms with Crippen molar-refractivity contribution in [2.24, 2.45) is 0 Å². The lowest BCUT2D eigenvalue weighted by molar-refractivity contribution is 0.0538. The fraction of sp³-hybridized carbons (Fsp3) is 0.714. The lowest BCUT2D eigenvalue weighted by Gasteiger charge is -2.33. The summed E-state index contributed by atoms with van der Waals surface area (Å²) in [7, 11) is -3.44. The molecule has 0 aliphatic carbocycles. The van der Waals surface area contributed by atoms with E-state index in [0.29, 0.717) is 30.3 Å². The Kier molecular flexibility index (Phi) is 5.79. The molecule has 0 unspecified atom stereocenters. The second-order valence-corrected chi connectivity index (χ2v) is 8.75. The summed E-state index contributed by atoms with van der Waals surface area (Å²) in [6.07, 6.45) is 2.49. The van der Waals surface area contributed by atoms with E-state index in [0.717, 1.165) is 24.4 Å². The molecule has 1 aromatic heterocycles. The van der Waals surface area contributed by atoms with Crippen molar-refractivity contribution in [1.29, 1.82) is 0 Å². The fourth-order valence-electron chi connectivity index (χ4n) is 2.28. The number of ether oxygens (including phenoxy) is 1. The molecule has 21 heavy (non-hydrogen) atoms. The summed E-state index contributed by atoms with van der Waals surface area (Å²) in [5, 5.41) is 3.28. The van der Waals surface area contributed by atoms with E-state index in [1.165, 1.54) is 11.3 Å². The number of hydrogen-bond donors (Lipinski definition) is 2. The van der Waals surface area contributed by atoms with Crippen LogP contribution >= 0.6 is 11.3 Å². The first-order valence-corrected chi connectivity index (χ1v) is 9.66. The molecule has 0 amide bonds. The van der Waals surface area contributed by atoms with Crippen molar-refractivity contribution in [2.75, 3.05) is 19.8 Å². The second-order valence-electron chi connectivity index (χ2n) is 5.68. The van der Waals surface area contributed by atoms with Gasteiger partial charge in [0.25, 0.3) is 10.0 Å². The Morgan fingerprint density at radius 1 is 1.33 bits per heavy atom. The van der Waals surface area contributed by atoms with E-state index < -0.39 is 15.6 Å². The number of thiophene rings is 1. The van der Waals surface area contributed by atoms with Crippen LogP contribution in [0.3, 0.4) is 0 Å². The topological polar surface area (TPSA) is 67.4 Å². The van der Waals surface area contributed by atoms with Crippen LogP contribution in [0.25, 0.3) is 0 Å². The molecule has 2 heterocycles. The van der Waals surface area contributed by atoms with Crippen LogP contribution in [0.15, 0.2) is 16.3 Å². The first-order valence-electron chi connectivity index (χ1n) is 7.36. The van der Waals surface area contributed by atoms with Gasteiger partial charge in [-0.15, -0.1) is 11.3 Å². The van der Waals surface area contributed by atoms with Gasteiger partial charge in [-0.3, -0.25) is 0 Å². The zero-order chi connectivity index (χ0) is 15.3. The summed E-state index contributed by atoms with van der Waals surface area (Å²) in [5.74, 6) is 0. The van der Waals surface area contributed by atoms with Crippen LogP contribution in [-0.4, -0.2) is 33.7 Å². The van der Waals surface area contributed by atoms with Crippen molar-refractivity contribution in [3.8, 4) is 0 Å². The molecule has 1 fully saturated rings. The van der Waals surface area contributed by atoms with Gasteiger partial charge in [-0.05, 0) is 44.9 Å². The molecule has 120 valence electrons. The second kappa shape index (κ2) is 7.19. The van der Waals surface area contributed by atoms with Gasteiger partial charge in [0.15, 0.2) is 0 Å². The molecule has 0 radical (unpaired) electrons. The molecule has 7 heteroatoms. The van der Waals surface area contributed by atoms with Gasteiger partial charge in [-0.2, -0.15) is 0 Å². The monoisotopic (exact) mass is 332 g/mol. The molecule has 1 saturated heterocycles. The Bertz CT molecular complexity index is 548. The zero-order valence-electron chi connectivity index (χ0n) is 12.6. The van der Waals surface area contributed by atoms with Gasteiger partial charge in [-0.25, -0.2) is 13.1 Å². The molecular weight excluding hydrogens is 308 g/mol. The molecule has 0 aromatic carbocycles. The average molecular weight is 332 g/mol. The van der Waals surface area contributed by atoms with E-state index in [1.807, 2.05) is 13.0 Å². The maximum atomic E-state index is 12.5. The number of hydrogen-bond acceptors (Lipinski definition) is 5. The predicted octanol–water partition coefficient (Wildman–Crippen LogP) is 2.10. The molecule has 1 aliphatic heterocycles. The van der Waals surface area contributed by atoms with E-state index in [-0.39, 0.29) is 0 Å². The molecule has 0 saturated carbocycles. The standard InChI is InChI=1S/C14H24N2O3S2/c1-3-8-15-11-12-4-5-13(20-12)21(17,18)16-14(2)6-9-19-10-7-14/h4-5,15-16H,3,6-11H2,1-2H3. The van der Waals surface area contributed by atoms with Gasteiger partial charge >= 0.3 is 0 Å². The Labute approximate surface area is 131 Å². The fourth-order valence-corrected chi connectivity index (χ4v) is 5.08. The first kappa shape index (κ1) is 16.9. The van der Waals surface area contributed by atoms with Crippen LogP contribution in [0, 0.1) is 0 Å². The van der Waals surface area contributed by atoms with Gasteiger partial charge < -0.3 is 10.1 Å². The van der Waals surface area contributed by atoms with Crippen molar-refractivity contribution >= 4 is 21.4 Å². The normalized spacial score (nSPS) is 18.8. The lowest BCUT2D eigenvalue weighted by atomic mass is 9.94. The number of sulfonamides is 1. The lowest BCUT2D eigenvalue weighted by Crippen LogP contribution is -2.49. The van der Waals surface area contributed by atoms with E-state index in [9.17, 15) is 8.42 Å². The first-order chi connectivity index (χ1) is 9.95. The molecule has 0 bridgehead atoms. The van der Waals surface area contributed by atoms with E-state index >= 15 is 0 Å². The smallest absolute Gasteiger partial charge is 0.250 e. The highest BCUT2D eigenvalue weighted by Crippen LogP contribution is 2.26. The minimum Gasteiger partial charge on any atom is -0.381 e. The van der Waals surface area contributed by atoms with Gasteiger partial charge in [0.2, 0.25) is 0 Å². The SMILES string of the molecule is CCCNCc1ccc(S(=O)(=O)NC2(C)CCOCC2)s1. The summed E-state index contributed by atoms with van der Waals surface area (Å²) in [4.78, 5) is 1.04. The highest BCUT2D eigenvalue weighted by molar-refractivity contribution is 7.91. The summed E-state index contributed by atoms with van der Waals surface area (Å²) in [6, 6.07) is 3.58. The van der Waals surface area contributed by atoms with Crippen molar-refractivity contribution in [1.82, 2.24) is 10.0 Å². The van der Waals surface area contributed by atoms with Crippen LogP contribution in [0.2, 0.25) is 0 Å². The summed E-state index contributed by atoms with van der Waals surface area (Å²) in [6.45, 7) is 6.93. The van der Waals surface area contributed by atoms with Crippen LogP contribution < -0.4 is 10.0 Å². The minimum atomic E-state index is -3.44. The Hall–Kier alpha value is -0.470. The predicted molar refractivity (Wildman–Crippen MR) is 85.1 cm³/mol. The van der Waals surface area contributed by atoms with Gasteiger partial charge in [0, 0.05) is 30.2 Å². The van der Waals surface area contributed by atoms with Crippen molar-refractivity contribution in [3.05, 3.63) is 17.0 Å². The maximum Gasteiger partial charge on any atom is 0.250 e. The van der Waals surface area contributed by atoms with Crippen LogP contribution in [0.5, 0.6) is 0 Å². The highest BCUT2D eigenvalue weighted by Gasteiger charge is 2.33. The van der Waals surface area contributed by atoms with Crippen molar-refractivity contribution < 1.29 is 13.2 Å². The van der Waals surface area contributed by atoms with E-state index in [1.54, 1.807) is 6.07 Å². The third kappa shape index (κ3) is 4.75. The van der Waals surface area contributed by atoms with Gasteiger partial charge in [0.05, 0.1) is 0 Å². The molecule has 5 nitrogen and oxygen atoms in total. The molecule has 0 spiro atoms. The van der Waals surface area contributed by atoms with Crippen LogP contribution in [-0.2, 0) is 21.3 Å². The third-order valence-corrected chi connectivity index (χ3v) is 6.82. The maximum absolute atomic E-state index is 12.5. The average Bonchev–Trinajstić information content (AvgIpc) is 2.88. The number of nitrogens with one attached hydrogen (secondary N) is 2. The van der Waals surface area contributed by atoms with Crippen molar-refractivity contribution in [3.63, 3.8) is 0 Å². The number of rotatable bonds is 7. The van der Waals surface area contributed by atoms with Gasteiger partial charge in [0.1, 0.15) is 4.21 Å². The van der Waals surface area contributed by atoms with E-state index in [4.69, 9.17) is 4.74 Å². The van der Waals surface area contributed by atoms with Crippen molar-refractivity contribution in [2.45, 2.75) is 49.4 Å². The van der Waals surface area contributed by atoms with Crippen LogP contribution in [0.4, 0.5) is 0 Å². The third-order valence-electron chi connectivity index (χ3n) is 3.60. The summed E-state index contributed by atoms with van der Waals surface area (Å²) in [5.41, 5.74) is -0.401. The Balaban J connectivity index is 2.02. The molecule has 1 aliphatic rings. The molecule has 0 atom stereocenters. The quantitative estimate of drug-likeness (QED) is 0.750. The highest BCUT2D eigenvalue weighted by atomic mass is 32.2.